The maximum atomic E-state index is 9.40. The smallest absolute Gasteiger partial charge is 0.0852 e. The Kier molecular flexibility index (Phi) is 2.78. The number of halogens is 1. The molecule has 5 heteroatoms. The summed E-state index contributed by atoms with van der Waals surface area (Å²) in [6, 6.07) is 0. The second kappa shape index (κ2) is 3.88. The van der Waals surface area contributed by atoms with Gasteiger partial charge in [0.15, 0.2) is 0 Å². The highest BCUT2D eigenvalue weighted by Crippen LogP contribution is 2.28. The lowest BCUT2D eigenvalue weighted by Gasteiger charge is -2.17. The Morgan fingerprint density at radius 2 is 2.54 bits per heavy atom. The zero-order valence-corrected chi connectivity index (χ0v) is 9.23. The third-order valence-electron chi connectivity index (χ3n) is 1.88. The summed E-state index contributed by atoms with van der Waals surface area (Å²) in [7, 11) is 0. The van der Waals surface area contributed by atoms with Gasteiger partial charge in [-0.05, 0) is 39.1 Å². The Bertz CT molecular complexity index is 337. The predicted octanol–water partition coefficient (Wildman–Crippen LogP) is 1.25. The van der Waals surface area contributed by atoms with Crippen LogP contribution in [0, 0.1) is 0 Å². The van der Waals surface area contributed by atoms with Crippen LogP contribution in [0.2, 0.25) is 0 Å². The third kappa shape index (κ3) is 1.99. The van der Waals surface area contributed by atoms with Gasteiger partial charge in [0.05, 0.1) is 21.7 Å². The number of nitrogens with one attached hydrogen (secondary N) is 1. The lowest BCUT2D eigenvalue weighted by atomic mass is 10.1. The summed E-state index contributed by atoms with van der Waals surface area (Å²) >= 11 is 4.86. The van der Waals surface area contributed by atoms with E-state index in [-0.39, 0.29) is 6.10 Å². The van der Waals surface area contributed by atoms with Crippen LogP contribution >= 0.6 is 27.5 Å². The summed E-state index contributed by atoms with van der Waals surface area (Å²) in [6.45, 7) is 1.44. The molecule has 1 atom stereocenters. The number of rotatable bonds is 1. The molecule has 2 heterocycles. The van der Waals surface area contributed by atoms with E-state index < -0.39 is 0 Å². The van der Waals surface area contributed by atoms with E-state index in [0.29, 0.717) is 6.54 Å². The first kappa shape index (κ1) is 9.33. The largest absolute Gasteiger partial charge is 0.388 e. The van der Waals surface area contributed by atoms with E-state index in [1.807, 2.05) is 6.08 Å². The van der Waals surface area contributed by atoms with Crippen molar-refractivity contribution in [3.8, 4) is 0 Å². The molecule has 1 aliphatic rings. The van der Waals surface area contributed by atoms with Crippen LogP contribution in [0.15, 0.2) is 16.7 Å². The van der Waals surface area contributed by atoms with Crippen LogP contribution in [-0.2, 0) is 0 Å². The molecule has 0 fully saturated rings. The Hall–Kier alpha value is -0.230. The van der Waals surface area contributed by atoms with Crippen molar-refractivity contribution in [3.63, 3.8) is 0 Å². The molecule has 0 saturated carbocycles. The van der Waals surface area contributed by atoms with Gasteiger partial charge in [0.25, 0.3) is 0 Å². The molecule has 0 radical (unpaired) electrons. The Morgan fingerprint density at radius 3 is 3.15 bits per heavy atom. The molecule has 0 spiro atoms. The van der Waals surface area contributed by atoms with E-state index in [1.54, 1.807) is 6.20 Å². The average molecular weight is 261 g/mol. The van der Waals surface area contributed by atoms with Crippen LogP contribution in [-0.4, -0.2) is 28.7 Å². The molecule has 2 rings (SSSR count). The van der Waals surface area contributed by atoms with Gasteiger partial charge in [-0.15, -0.1) is 0 Å². The molecule has 0 amide bonds. The van der Waals surface area contributed by atoms with Crippen molar-refractivity contribution >= 4 is 33.0 Å². The number of β-amino-alcohol motifs (C(OH)–C–C–N with tert-alkyl or cyclic N) is 1. The van der Waals surface area contributed by atoms with Gasteiger partial charge in [0.1, 0.15) is 0 Å². The minimum Gasteiger partial charge on any atom is -0.388 e. The van der Waals surface area contributed by atoms with Gasteiger partial charge < -0.3 is 10.4 Å². The Balaban J connectivity index is 2.30. The average Bonchev–Trinajstić information content (AvgIpc) is 2.51. The van der Waals surface area contributed by atoms with Crippen LogP contribution in [0.3, 0.4) is 0 Å². The van der Waals surface area contributed by atoms with Crippen LogP contribution in [0.5, 0.6) is 0 Å². The number of nitrogens with zero attached hydrogens (tertiary/aromatic N) is 1. The molecule has 0 bridgehead atoms. The minimum absolute atomic E-state index is 0.377. The van der Waals surface area contributed by atoms with Crippen molar-refractivity contribution in [1.29, 1.82) is 0 Å². The summed E-state index contributed by atoms with van der Waals surface area (Å²) in [4.78, 5) is 1.10. The number of aliphatic hydroxyl groups is 1. The first-order valence-electron chi connectivity index (χ1n) is 3.97. The standard InChI is InChI=1S/C8H9BrN2OS/c9-7-4-11-13-8(7)5-1-6(12)3-10-2-5/h1,4,6,10,12H,2-3H2. The van der Waals surface area contributed by atoms with Crippen molar-refractivity contribution in [2.24, 2.45) is 0 Å². The maximum Gasteiger partial charge on any atom is 0.0852 e. The Labute approximate surface area is 88.8 Å². The van der Waals surface area contributed by atoms with Gasteiger partial charge >= 0.3 is 0 Å². The molecule has 1 aromatic heterocycles. The van der Waals surface area contributed by atoms with E-state index in [0.717, 1.165) is 21.5 Å². The highest BCUT2D eigenvalue weighted by molar-refractivity contribution is 9.10. The fraction of sp³-hybridized carbons (Fsp3) is 0.375. The van der Waals surface area contributed by atoms with Gasteiger partial charge in [-0.3, -0.25) is 0 Å². The van der Waals surface area contributed by atoms with Gasteiger partial charge in [0, 0.05) is 13.1 Å². The van der Waals surface area contributed by atoms with Gasteiger partial charge in [-0.1, -0.05) is 0 Å². The number of hydrogen-bond acceptors (Lipinski definition) is 4. The van der Waals surface area contributed by atoms with E-state index in [4.69, 9.17) is 0 Å². The molecule has 1 aliphatic heterocycles. The van der Waals surface area contributed by atoms with Crippen molar-refractivity contribution < 1.29 is 5.11 Å². The molecular formula is C8H9BrN2OS. The molecule has 13 heavy (non-hydrogen) atoms. The summed E-state index contributed by atoms with van der Waals surface area (Å²) in [6.07, 6.45) is 3.29. The second-order valence-electron chi connectivity index (χ2n) is 2.89. The molecule has 3 nitrogen and oxygen atoms in total. The molecule has 1 unspecified atom stereocenters. The summed E-state index contributed by atoms with van der Waals surface area (Å²) < 4.78 is 5.07. The van der Waals surface area contributed by atoms with Crippen molar-refractivity contribution in [2.75, 3.05) is 13.1 Å². The fourth-order valence-electron chi connectivity index (χ4n) is 1.30. The normalized spacial score (nSPS) is 22.9. The minimum atomic E-state index is -0.377. The van der Waals surface area contributed by atoms with Crippen LogP contribution in [0.25, 0.3) is 5.57 Å². The highest BCUT2D eigenvalue weighted by Gasteiger charge is 2.15. The van der Waals surface area contributed by atoms with Crippen LogP contribution < -0.4 is 5.32 Å². The fourth-order valence-corrected chi connectivity index (χ4v) is 2.67. The number of aliphatic hydroxyl groups excluding tert-OH is 1. The molecule has 0 saturated heterocycles. The van der Waals surface area contributed by atoms with Crippen molar-refractivity contribution in [3.05, 3.63) is 21.6 Å². The van der Waals surface area contributed by atoms with Gasteiger partial charge in [-0.2, -0.15) is 4.37 Å². The lowest BCUT2D eigenvalue weighted by molar-refractivity contribution is 0.217. The van der Waals surface area contributed by atoms with E-state index >= 15 is 0 Å². The summed E-state index contributed by atoms with van der Waals surface area (Å²) in [5, 5.41) is 12.5. The van der Waals surface area contributed by atoms with Crippen molar-refractivity contribution in [2.45, 2.75) is 6.10 Å². The Morgan fingerprint density at radius 1 is 1.69 bits per heavy atom. The van der Waals surface area contributed by atoms with E-state index in [9.17, 15) is 5.11 Å². The summed E-state index contributed by atoms with van der Waals surface area (Å²) in [5.74, 6) is 0. The topological polar surface area (TPSA) is 45.2 Å². The van der Waals surface area contributed by atoms with Crippen molar-refractivity contribution in [1.82, 2.24) is 9.69 Å². The number of aromatic nitrogens is 1. The van der Waals surface area contributed by atoms with Gasteiger partial charge in [0.2, 0.25) is 0 Å². The zero-order valence-electron chi connectivity index (χ0n) is 6.83. The third-order valence-corrected chi connectivity index (χ3v) is 3.62. The molecule has 0 aromatic carbocycles. The molecule has 1 aromatic rings. The summed E-state index contributed by atoms with van der Waals surface area (Å²) in [5.41, 5.74) is 1.12. The van der Waals surface area contributed by atoms with E-state index in [2.05, 4.69) is 25.6 Å². The zero-order chi connectivity index (χ0) is 9.26. The SMILES string of the molecule is OC1C=C(c2sncc2Br)CNC1. The van der Waals surface area contributed by atoms with Crippen LogP contribution in [0.4, 0.5) is 0 Å². The quantitative estimate of drug-likeness (QED) is 0.799. The first-order valence-corrected chi connectivity index (χ1v) is 5.54. The second-order valence-corrected chi connectivity index (χ2v) is 4.55. The highest BCUT2D eigenvalue weighted by atomic mass is 79.9. The first-order chi connectivity index (χ1) is 6.27. The van der Waals surface area contributed by atoms with Crippen LogP contribution in [0.1, 0.15) is 4.88 Å². The maximum absolute atomic E-state index is 9.40. The molecular weight excluding hydrogens is 252 g/mol. The number of hydrogen-bond donors (Lipinski definition) is 2. The predicted molar refractivity (Wildman–Crippen MR) is 56.7 cm³/mol. The molecule has 2 N–H and O–H groups in total. The molecule has 70 valence electrons. The molecule has 0 aliphatic carbocycles. The monoisotopic (exact) mass is 260 g/mol. The van der Waals surface area contributed by atoms with Gasteiger partial charge in [-0.25, -0.2) is 0 Å². The lowest BCUT2D eigenvalue weighted by Crippen LogP contribution is -2.31. The van der Waals surface area contributed by atoms with E-state index in [1.165, 1.54) is 11.5 Å².